The first-order chi connectivity index (χ1) is 7.56. The molecule has 0 unspecified atom stereocenters. The maximum atomic E-state index is 13.8. The normalized spacial score (nSPS) is 10.3. The van der Waals surface area contributed by atoms with Gasteiger partial charge in [0.15, 0.2) is 11.6 Å². The highest BCUT2D eigenvalue weighted by molar-refractivity contribution is 5.94. The molecule has 0 aromatic carbocycles. The van der Waals surface area contributed by atoms with Gasteiger partial charge in [-0.25, -0.2) is 14.4 Å². The number of halogens is 1. The van der Waals surface area contributed by atoms with Crippen molar-refractivity contribution in [1.29, 1.82) is 0 Å². The summed E-state index contributed by atoms with van der Waals surface area (Å²) in [5, 5.41) is 4.20. The highest BCUT2D eigenvalue weighted by atomic mass is 19.1. The second kappa shape index (κ2) is 5.41. The molecule has 0 aliphatic carbocycles. The number of aromatic nitrogens is 1. The molecule has 1 amide bonds. The van der Waals surface area contributed by atoms with Gasteiger partial charge in [0.25, 0.3) is 5.91 Å². The molecule has 1 aromatic heterocycles. The van der Waals surface area contributed by atoms with E-state index in [9.17, 15) is 9.18 Å². The van der Waals surface area contributed by atoms with Crippen molar-refractivity contribution in [2.45, 2.75) is 6.92 Å². The Kier molecular flexibility index (Phi) is 4.19. The van der Waals surface area contributed by atoms with Gasteiger partial charge in [-0.2, -0.15) is 0 Å². The number of hydrogen-bond donors (Lipinski definition) is 2. The Bertz CT molecular complexity index is 381. The molecule has 1 aromatic rings. The van der Waals surface area contributed by atoms with E-state index in [0.29, 0.717) is 6.54 Å². The summed E-state index contributed by atoms with van der Waals surface area (Å²) in [5.41, 5.74) is 2.44. The Balaban J connectivity index is 2.96. The van der Waals surface area contributed by atoms with Crippen LogP contribution in [-0.4, -0.2) is 36.5 Å². The second-order valence-corrected chi connectivity index (χ2v) is 3.39. The fourth-order valence-corrected chi connectivity index (χ4v) is 1.17. The van der Waals surface area contributed by atoms with E-state index in [0.717, 1.165) is 0 Å². The molecule has 5 nitrogen and oxygen atoms in total. The minimum atomic E-state index is -0.635. The van der Waals surface area contributed by atoms with Crippen LogP contribution in [0.4, 0.5) is 10.2 Å². The first-order valence-corrected chi connectivity index (χ1v) is 4.93. The number of amides is 1. The number of pyridine rings is 1. The molecule has 0 saturated heterocycles. The number of carbonyl (C=O) groups is 1. The Labute approximate surface area is 93.6 Å². The SMILES string of the molecule is CCNc1nccc(C(=O)NN(C)C)c1F. The maximum Gasteiger partial charge on any atom is 0.268 e. The van der Waals surface area contributed by atoms with E-state index in [2.05, 4.69) is 15.7 Å². The molecule has 0 spiro atoms. The quantitative estimate of drug-likeness (QED) is 0.748. The molecule has 0 aliphatic heterocycles. The van der Waals surface area contributed by atoms with Gasteiger partial charge in [-0.05, 0) is 13.0 Å². The molecule has 16 heavy (non-hydrogen) atoms. The standard InChI is InChI=1S/C10H15FN4O/c1-4-12-9-8(11)7(5-6-13-9)10(16)14-15(2)3/h5-6H,4H2,1-3H3,(H,12,13)(H,14,16). The minimum absolute atomic E-state index is 0.0281. The summed E-state index contributed by atoms with van der Waals surface area (Å²) in [6, 6.07) is 1.34. The van der Waals surface area contributed by atoms with Crippen molar-refractivity contribution in [1.82, 2.24) is 15.4 Å². The summed E-state index contributed by atoms with van der Waals surface area (Å²) in [5.74, 6) is -1.04. The molecule has 1 heterocycles. The highest BCUT2D eigenvalue weighted by Crippen LogP contribution is 2.14. The molecule has 1 rings (SSSR count). The van der Waals surface area contributed by atoms with Crippen LogP contribution in [-0.2, 0) is 0 Å². The average molecular weight is 226 g/mol. The van der Waals surface area contributed by atoms with Crippen LogP contribution in [0.15, 0.2) is 12.3 Å². The van der Waals surface area contributed by atoms with E-state index >= 15 is 0 Å². The Hall–Kier alpha value is -1.69. The lowest BCUT2D eigenvalue weighted by molar-refractivity contribution is 0.0852. The number of anilines is 1. The van der Waals surface area contributed by atoms with Gasteiger partial charge in [0.05, 0.1) is 5.56 Å². The van der Waals surface area contributed by atoms with Crippen molar-refractivity contribution in [3.63, 3.8) is 0 Å². The van der Waals surface area contributed by atoms with E-state index in [1.807, 2.05) is 6.92 Å². The first-order valence-electron chi connectivity index (χ1n) is 4.93. The summed E-state index contributed by atoms with van der Waals surface area (Å²) in [6.07, 6.45) is 1.39. The zero-order chi connectivity index (χ0) is 12.1. The van der Waals surface area contributed by atoms with Gasteiger partial charge in [-0.3, -0.25) is 10.2 Å². The van der Waals surface area contributed by atoms with E-state index in [1.165, 1.54) is 17.3 Å². The van der Waals surface area contributed by atoms with E-state index < -0.39 is 11.7 Å². The largest absolute Gasteiger partial charge is 0.368 e. The smallest absolute Gasteiger partial charge is 0.268 e. The molecule has 0 fully saturated rings. The van der Waals surface area contributed by atoms with Crippen LogP contribution in [0.2, 0.25) is 0 Å². The third-order valence-electron chi connectivity index (χ3n) is 1.80. The molecule has 0 saturated carbocycles. The topological polar surface area (TPSA) is 57.3 Å². The van der Waals surface area contributed by atoms with Gasteiger partial charge in [0.1, 0.15) is 0 Å². The van der Waals surface area contributed by atoms with E-state index in [1.54, 1.807) is 14.1 Å². The Morgan fingerprint density at radius 1 is 1.56 bits per heavy atom. The van der Waals surface area contributed by atoms with Crippen molar-refractivity contribution < 1.29 is 9.18 Å². The van der Waals surface area contributed by atoms with E-state index in [4.69, 9.17) is 0 Å². The molecule has 88 valence electrons. The van der Waals surface area contributed by atoms with Crippen molar-refractivity contribution in [2.24, 2.45) is 0 Å². The zero-order valence-corrected chi connectivity index (χ0v) is 9.54. The summed E-state index contributed by atoms with van der Waals surface area (Å²) in [7, 11) is 3.31. The lowest BCUT2D eigenvalue weighted by Gasteiger charge is -2.13. The molecular weight excluding hydrogens is 211 g/mol. The van der Waals surface area contributed by atoms with Crippen LogP contribution in [0, 0.1) is 5.82 Å². The molecule has 6 heteroatoms. The predicted octanol–water partition coefficient (Wildman–Crippen LogP) is 0.859. The van der Waals surface area contributed by atoms with Crippen molar-refractivity contribution >= 4 is 11.7 Å². The number of rotatable bonds is 4. The molecule has 0 aliphatic rings. The van der Waals surface area contributed by atoms with Gasteiger partial charge >= 0.3 is 0 Å². The molecule has 0 bridgehead atoms. The molecule has 2 N–H and O–H groups in total. The Morgan fingerprint density at radius 3 is 2.81 bits per heavy atom. The van der Waals surface area contributed by atoms with Crippen molar-refractivity contribution in [3.8, 4) is 0 Å². The van der Waals surface area contributed by atoms with Crippen LogP contribution in [0.5, 0.6) is 0 Å². The highest BCUT2D eigenvalue weighted by Gasteiger charge is 2.15. The fourth-order valence-electron chi connectivity index (χ4n) is 1.17. The maximum absolute atomic E-state index is 13.8. The fraction of sp³-hybridized carbons (Fsp3) is 0.400. The lowest BCUT2D eigenvalue weighted by Crippen LogP contribution is -2.36. The minimum Gasteiger partial charge on any atom is -0.368 e. The summed E-state index contributed by atoms with van der Waals surface area (Å²) < 4.78 is 13.8. The second-order valence-electron chi connectivity index (χ2n) is 3.39. The van der Waals surface area contributed by atoms with Gasteiger partial charge in [-0.1, -0.05) is 0 Å². The molecular formula is C10H15FN4O. The number of nitrogens with one attached hydrogen (secondary N) is 2. The molecule has 0 radical (unpaired) electrons. The molecule has 0 atom stereocenters. The van der Waals surface area contributed by atoms with Crippen LogP contribution < -0.4 is 10.7 Å². The Morgan fingerprint density at radius 2 is 2.25 bits per heavy atom. The number of hydrogen-bond acceptors (Lipinski definition) is 4. The van der Waals surface area contributed by atoms with Crippen molar-refractivity contribution in [2.75, 3.05) is 26.0 Å². The van der Waals surface area contributed by atoms with Crippen LogP contribution in [0.3, 0.4) is 0 Å². The summed E-state index contributed by atoms with van der Waals surface area (Å²) in [6.45, 7) is 2.37. The summed E-state index contributed by atoms with van der Waals surface area (Å²) >= 11 is 0. The monoisotopic (exact) mass is 226 g/mol. The average Bonchev–Trinajstić information content (AvgIpc) is 2.20. The van der Waals surface area contributed by atoms with Gasteiger partial charge in [-0.15, -0.1) is 0 Å². The number of nitrogens with zero attached hydrogens (tertiary/aromatic N) is 2. The van der Waals surface area contributed by atoms with Gasteiger partial charge < -0.3 is 5.32 Å². The van der Waals surface area contributed by atoms with Crippen LogP contribution in [0.25, 0.3) is 0 Å². The zero-order valence-electron chi connectivity index (χ0n) is 9.54. The van der Waals surface area contributed by atoms with Crippen LogP contribution in [0.1, 0.15) is 17.3 Å². The number of carbonyl (C=O) groups excluding carboxylic acids is 1. The van der Waals surface area contributed by atoms with Crippen molar-refractivity contribution in [3.05, 3.63) is 23.6 Å². The third kappa shape index (κ3) is 2.90. The third-order valence-corrected chi connectivity index (χ3v) is 1.80. The van der Waals surface area contributed by atoms with Crippen LogP contribution >= 0.6 is 0 Å². The predicted molar refractivity (Wildman–Crippen MR) is 59.5 cm³/mol. The van der Waals surface area contributed by atoms with Gasteiger partial charge in [0.2, 0.25) is 0 Å². The van der Waals surface area contributed by atoms with Gasteiger partial charge in [0, 0.05) is 26.8 Å². The summed E-state index contributed by atoms with van der Waals surface area (Å²) in [4.78, 5) is 15.4. The van der Waals surface area contributed by atoms with E-state index in [-0.39, 0.29) is 11.4 Å². The lowest BCUT2D eigenvalue weighted by atomic mass is 10.2. The first kappa shape index (κ1) is 12.4. The number of hydrazine groups is 1.